The molecule has 0 bridgehead atoms. The molecule has 2 fully saturated rings. The zero-order chi connectivity index (χ0) is 16.8. The van der Waals surface area contributed by atoms with Gasteiger partial charge in [0.2, 0.25) is 11.8 Å². The summed E-state index contributed by atoms with van der Waals surface area (Å²) in [6.07, 6.45) is 6.09. The Morgan fingerprint density at radius 2 is 2.17 bits per heavy atom. The Kier molecular flexibility index (Phi) is 6.03. The van der Waals surface area contributed by atoms with Crippen LogP contribution < -0.4 is 20.3 Å². The highest BCUT2D eigenvalue weighted by molar-refractivity contribution is 7.80. The summed E-state index contributed by atoms with van der Waals surface area (Å²) >= 11 is 5.34. The minimum atomic E-state index is 0.236. The van der Waals surface area contributed by atoms with E-state index in [1.54, 1.807) is 7.11 Å². The van der Waals surface area contributed by atoms with E-state index < -0.39 is 0 Å². The second kappa shape index (κ2) is 8.43. The molecule has 2 N–H and O–H groups in total. The highest BCUT2D eigenvalue weighted by atomic mass is 32.1. The van der Waals surface area contributed by atoms with Gasteiger partial charge in [-0.15, -0.1) is 0 Å². The van der Waals surface area contributed by atoms with Crippen LogP contribution in [0.5, 0.6) is 5.88 Å². The number of nitrogens with one attached hydrogen (secondary N) is 2. The number of hydrogen-bond donors (Lipinski definition) is 2. The zero-order valence-electron chi connectivity index (χ0n) is 14.1. The van der Waals surface area contributed by atoms with Gasteiger partial charge in [0, 0.05) is 32.3 Å². The minimum Gasteiger partial charge on any atom is -0.481 e. The van der Waals surface area contributed by atoms with Crippen molar-refractivity contribution >= 4 is 29.1 Å². The summed E-state index contributed by atoms with van der Waals surface area (Å²) < 4.78 is 10.9. The van der Waals surface area contributed by atoms with Crippen LogP contribution in [0.4, 0.5) is 11.8 Å². The van der Waals surface area contributed by atoms with Crippen molar-refractivity contribution in [2.75, 3.05) is 43.6 Å². The normalized spacial score (nSPS) is 20.7. The summed E-state index contributed by atoms with van der Waals surface area (Å²) in [5, 5.41) is 6.73. The van der Waals surface area contributed by atoms with E-state index in [0.29, 0.717) is 23.5 Å². The van der Waals surface area contributed by atoms with Crippen molar-refractivity contribution in [2.45, 2.75) is 38.2 Å². The molecule has 0 spiro atoms. The van der Waals surface area contributed by atoms with Crippen LogP contribution in [0.1, 0.15) is 32.1 Å². The van der Waals surface area contributed by atoms with Crippen molar-refractivity contribution in [3.63, 3.8) is 0 Å². The Labute approximate surface area is 148 Å². The van der Waals surface area contributed by atoms with Crippen LogP contribution in [-0.4, -0.2) is 54.5 Å². The van der Waals surface area contributed by atoms with Crippen molar-refractivity contribution in [1.82, 2.24) is 15.3 Å². The van der Waals surface area contributed by atoms with Gasteiger partial charge in [0.1, 0.15) is 5.82 Å². The Morgan fingerprint density at radius 1 is 1.33 bits per heavy atom. The maximum atomic E-state index is 5.58. The van der Waals surface area contributed by atoms with Crippen LogP contribution in [0, 0.1) is 0 Å². The molecule has 0 aliphatic carbocycles. The number of thiocarbonyl (C=S) groups is 1. The molecule has 2 aliphatic heterocycles. The minimum absolute atomic E-state index is 0.236. The fourth-order valence-corrected chi connectivity index (χ4v) is 3.19. The molecule has 1 atom stereocenters. The summed E-state index contributed by atoms with van der Waals surface area (Å²) in [6, 6.07) is 1.87. The first-order chi connectivity index (χ1) is 11.7. The van der Waals surface area contributed by atoms with Gasteiger partial charge in [0.15, 0.2) is 5.11 Å². The second-order valence-corrected chi connectivity index (χ2v) is 6.52. The van der Waals surface area contributed by atoms with Crippen molar-refractivity contribution in [3.05, 3.63) is 6.07 Å². The molecule has 0 aromatic carbocycles. The quantitative estimate of drug-likeness (QED) is 0.780. The molecule has 3 heterocycles. The lowest BCUT2D eigenvalue weighted by molar-refractivity contribution is 0.114. The standard InChI is InChI=1S/C16H25N5O2S/c1-22-14-10-13(21-7-3-2-4-8-21)18-15(19-14)20-16(24)17-11-12-6-5-9-23-12/h10,12H,2-9,11H2,1H3,(H2,17,18,19,20,24)/t12-/m0/s1. The van der Waals surface area contributed by atoms with Crippen LogP contribution in [-0.2, 0) is 4.74 Å². The molecule has 1 aromatic rings. The third-order valence-corrected chi connectivity index (χ3v) is 4.56. The Morgan fingerprint density at radius 3 is 2.88 bits per heavy atom. The lowest BCUT2D eigenvalue weighted by Crippen LogP contribution is -2.35. The van der Waals surface area contributed by atoms with Gasteiger partial charge in [-0.2, -0.15) is 9.97 Å². The van der Waals surface area contributed by atoms with Crippen molar-refractivity contribution in [3.8, 4) is 5.88 Å². The Bertz CT molecular complexity index is 559. The van der Waals surface area contributed by atoms with Gasteiger partial charge < -0.3 is 25.0 Å². The van der Waals surface area contributed by atoms with Crippen molar-refractivity contribution in [2.24, 2.45) is 0 Å². The maximum Gasteiger partial charge on any atom is 0.234 e. The number of methoxy groups -OCH3 is 1. The third kappa shape index (κ3) is 4.67. The number of anilines is 2. The van der Waals surface area contributed by atoms with Gasteiger partial charge in [-0.05, 0) is 44.3 Å². The molecule has 7 nitrogen and oxygen atoms in total. The summed E-state index contributed by atoms with van der Waals surface area (Å²) in [5.74, 6) is 1.88. The topological polar surface area (TPSA) is 71.5 Å². The lowest BCUT2D eigenvalue weighted by atomic mass is 10.1. The van der Waals surface area contributed by atoms with E-state index in [9.17, 15) is 0 Å². The molecular formula is C16H25N5O2S. The number of piperidine rings is 1. The summed E-state index contributed by atoms with van der Waals surface area (Å²) in [7, 11) is 1.61. The molecular weight excluding hydrogens is 326 g/mol. The van der Waals surface area contributed by atoms with E-state index in [1.165, 1.54) is 19.3 Å². The maximum absolute atomic E-state index is 5.58. The second-order valence-electron chi connectivity index (χ2n) is 6.11. The average Bonchev–Trinajstić information content (AvgIpc) is 3.14. The number of rotatable bonds is 5. The molecule has 8 heteroatoms. The van der Waals surface area contributed by atoms with Gasteiger partial charge in [-0.3, -0.25) is 0 Å². The van der Waals surface area contributed by atoms with Gasteiger partial charge in [0.05, 0.1) is 13.2 Å². The predicted molar refractivity (Wildman–Crippen MR) is 97.8 cm³/mol. The smallest absolute Gasteiger partial charge is 0.234 e. The molecule has 2 aliphatic rings. The first-order valence-corrected chi connectivity index (χ1v) is 9.00. The van der Waals surface area contributed by atoms with Crippen LogP contribution in [0.25, 0.3) is 0 Å². The number of nitrogens with zero attached hydrogens (tertiary/aromatic N) is 3. The molecule has 24 heavy (non-hydrogen) atoms. The monoisotopic (exact) mass is 351 g/mol. The van der Waals surface area contributed by atoms with E-state index >= 15 is 0 Å². The van der Waals surface area contributed by atoms with Crippen molar-refractivity contribution < 1.29 is 9.47 Å². The third-order valence-electron chi connectivity index (χ3n) is 4.32. The molecule has 0 radical (unpaired) electrons. The lowest BCUT2D eigenvalue weighted by Gasteiger charge is -2.28. The SMILES string of the molecule is COc1cc(N2CCCCC2)nc(NC(=S)NC[C@@H]2CCCO2)n1. The number of aromatic nitrogens is 2. The van der Waals surface area contributed by atoms with Gasteiger partial charge in [-0.1, -0.05) is 0 Å². The first kappa shape index (κ1) is 17.2. The summed E-state index contributed by atoms with van der Waals surface area (Å²) in [5.41, 5.74) is 0. The van der Waals surface area contributed by atoms with Crippen LogP contribution >= 0.6 is 12.2 Å². The molecule has 0 unspecified atom stereocenters. The molecule has 0 amide bonds. The molecule has 0 saturated carbocycles. The summed E-state index contributed by atoms with van der Waals surface area (Å²) in [4.78, 5) is 11.2. The molecule has 2 saturated heterocycles. The predicted octanol–water partition coefficient (Wildman–Crippen LogP) is 1.94. The van der Waals surface area contributed by atoms with Gasteiger partial charge in [0.25, 0.3) is 0 Å². The average molecular weight is 351 g/mol. The Hall–Kier alpha value is -1.67. The fourth-order valence-electron chi connectivity index (χ4n) is 3.02. The highest BCUT2D eigenvalue weighted by Crippen LogP contribution is 2.22. The first-order valence-electron chi connectivity index (χ1n) is 8.59. The van der Waals surface area contributed by atoms with Gasteiger partial charge >= 0.3 is 0 Å². The summed E-state index contributed by atoms with van der Waals surface area (Å²) in [6.45, 7) is 3.57. The van der Waals surface area contributed by atoms with Crippen LogP contribution in [0.3, 0.4) is 0 Å². The van der Waals surface area contributed by atoms with E-state index in [4.69, 9.17) is 21.7 Å². The Balaban J connectivity index is 1.61. The molecule has 132 valence electrons. The largest absolute Gasteiger partial charge is 0.481 e. The van der Waals surface area contributed by atoms with E-state index in [1.807, 2.05) is 6.07 Å². The van der Waals surface area contributed by atoms with E-state index in [0.717, 1.165) is 38.4 Å². The fraction of sp³-hybridized carbons (Fsp3) is 0.688. The van der Waals surface area contributed by atoms with Crippen LogP contribution in [0.15, 0.2) is 6.07 Å². The van der Waals surface area contributed by atoms with Gasteiger partial charge in [-0.25, -0.2) is 0 Å². The number of ether oxygens (including phenoxy) is 2. The van der Waals surface area contributed by atoms with E-state index in [-0.39, 0.29) is 6.10 Å². The van der Waals surface area contributed by atoms with Crippen molar-refractivity contribution in [1.29, 1.82) is 0 Å². The van der Waals surface area contributed by atoms with Crippen LogP contribution in [0.2, 0.25) is 0 Å². The van der Waals surface area contributed by atoms with E-state index in [2.05, 4.69) is 25.5 Å². The highest BCUT2D eigenvalue weighted by Gasteiger charge is 2.17. The zero-order valence-corrected chi connectivity index (χ0v) is 14.9. The molecule has 1 aromatic heterocycles. The number of hydrogen-bond acceptors (Lipinski definition) is 6. The molecule has 3 rings (SSSR count).